The van der Waals surface area contributed by atoms with Crippen molar-refractivity contribution in [2.45, 2.75) is 59.1 Å². The molecule has 1 amide bonds. The largest absolute Gasteiger partial charge is 0.444 e. The van der Waals surface area contributed by atoms with Crippen molar-refractivity contribution in [2.75, 3.05) is 39.3 Å². The molecule has 1 aromatic heterocycles. The van der Waals surface area contributed by atoms with Crippen LogP contribution >= 0.6 is 35.3 Å². The fourth-order valence-electron chi connectivity index (χ4n) is 3.43. The molecule has 178 valence electrons. The molecule has 2 heterocycles. The maximum atomic E-state index is 11.7. The molecule has 1 saturated heterocycles. The van der Waals surface area contributed by atoms with Gasteiger partial charge in [0.1, 0.15) is 5.60 Å². The van der Waals surface area contributed by atoms with Gasteiger partial charge in [0, 0.05) is 44.1 Å². The van der Waals surface area contributed by atoms with Gasteiger partial charge < -0.3 is 20.7 Å². The van der Waals surface area contributed by atoms with E-state index in [1.807, 2.05) is 32.1 Å². The second kappa shape index (κ2) is 14.9. The highest BCUT2D eigenvalue weighted by atomic mass is 127. The fourth-order valence-corrected chi connectivity index (χ4v) is 4.17. The van der Waals surface area contributed by atoms with Crippen molar-refractivity contribution in [1.29, 1.82) is 0 Å². The van der Waals surface area contributed by atoms with Crippen molar-refractivity contribution in [1.82, 2.24) is 20.9 Å². The van der Waals surface area contributed by atoms with Crippen molar-refractivity contribution in [2.24, 2.45) is 10.9 Å². The number of halogens is 1. The minimum Gasteiger partial charge on any atom is -0.444 e. The Hall–Kier alpha value is -1.07. The van der Waals surface area contributed by atoms with Gasteiger partial charge in [0.2, 0.25) is 0 Å². The number of rotatable bonds is 9. The Morgan fingerprint density at radius 2 is 2.06 bits per heavy atom. The summed E-state index contributed by atoms with van der Waals surface area (Å²) < 4.78 is 5.24. The van der Waals surface area contributed by atoms with Gasteiger partial charge in [0.15, 0.2) is 5.96 Å². The Bertz CT molecular complexity index is 649. The Labute approximate surface area is 208 Å². The lowest BCUT2D eigenvalue weighted by molar-refractivity contribution is 0.0527. The smallest absolute Gasteiger partial charge is 0.407 e. The maximum absolute atomic E-state index is 11.7. The first-order valence-corrected chi connectivity index (χ1v) is 12.0. The molecule has 0 radical (unpaired) electrons. The number of amides is 1. The number of guanidine groups is 1. The third kappa shape index (κ3) is 12.5. The van der Waals surface area contributed by atoms with Crippen molar-refractivity contribution in [3.05, 3.63) is 22.4 Å². The standard InChI is InChI=1S/C22H39N5O2S.HI/c1-5-23-20(24-11-8-12-25-21(28)29-22(2,3)4)26-15-18-9-6-13-27(16-18)17-19-10-7-14-30-19;/h7,10,14,18H,5-6,8-9,11-13,15-17H2,1-4H3,(H,25,28)(H2,23,24,26);1H. The van der Waals surface area contributed by atoms with E-state index in [1.165, 1.54) is 24.3 Å². The van der Waals surface area contributed by atoms with Gasteiger partial charge in [-0.1, -0.05) is 6.07 Å². The monoisotopic (exact) mass is 565 g/mol. The first kappa shape index (κ1) is 28.0. The van der Waals surface area contributed by atoms with Crippen LogP contribution in [0.3, 0.4) is 0 Å². The number of likely N-dealkylation sites (tertiary alicyclic amines) is 1. The average Bonchev–Trinajstić information content (AvgIpc) is 3.17. The molecule has 1 unspecified atom stereocenters. The number of alkyl carbamates (subject to hydrolysis) is 1. The molecule has 0 spiro atoms. The van der Waals surface area contributed by atoms with Crippen LogP contribution in [0.25, 0.3) is 0 Å². The molecule has 0 bridgehead atoms. The number of ether oxygens (including phenoxy) is 1. The lowest BCUT2D eigenvalue weighted by atomic mass is 9.98. The Morgan fingerprint density at radius 1 is 1.29 bits per heavy atom. The minimum absolute atomic E-state index is 0. The van der Waals surface area contributed by atoms with Crippen LogP contribution in [0.4, 0.5) is 4.79 Å². The van der Waals surface area contributed by atoms with Crippen molar-refractivity contribution in [3.63, 3.8) is 0 Å². The topological polar surface area (TPSA) is 78.0 Å². The third-order valence-electron chi connectivity index (χ3n) is 4.73. The normalized spacial score (nSPS) is 17.5. The van der Waals surface area contributed by atoms with Crippen LogP contribution in [0.1, 0.15) is 51.8 Å². The number of hydrogen-bond donors (Lipinski definition) is 3. The summed E-state index contributed by atoms with van der Waals surface area (Å²) in [6.07, 6.45) is 2.92. The molecule has 2 rings (SSSR count). The number of hydrogen-bond acceptors (Lipinski definition) is 5. The van der Waals surface area contributed by atoms with E-state index < -0.39 is 5.60 Å². The van der Waals surface area contributed by atoms with Crippen molar-refractivity contribution >= 4 is 47.4 Å². The maximum Gasteiger partial charge on any atom is 0.407 e. The summed E-state index contributed by atoms with van der Waals surface area (Å²) in [5.74, 6) is 1.45. The van der Waals surface area contributed by atoms with E-state index in [1.54, 1.807) is 0 Å². The van der Waals surface area contributed by atoms with Gasteiger partial charge in [-0.15, -0.1) is 35.3 Å². The number of nitrogens with one attached hydrogen (secondary N) is 3. The van der Waals surface area contributed by atoms with Gasteiger partial charge in [-0.3, -0.25) is 9.89 Å². The predicted octanol–water partition coefficient (Wildman–Crippen LogP) is 4.05. The molecule has 9 heteroatoms. The van der Waals surface area contributed by atoms with Crippen molar-refractivity contribution in [3.8, 4) is 0 Å². The van der Waals surface area contributed by atoms with E-state index in [-0.39, 0.29) is 30.1 Å². The van der Waals surface area contributed by atoms with Gasteiger partial charge in [-0.05, 0) is 70.9 Å². The zero-order valence-corrected chi connectivity index (χ0v) is 22.6. The Balaban J connectivity index is 0.00000480. The van der Waals surface area contributed by atoms with Gasteiger partial charge in [0.25, 0.3) is 0 Å². The summed E-state index contributed by atoms with van der Waals surface area (Å²) >= 11 is 1.84. The van der Waals surface area contributed by atoms with E-state index in [2.05, 4.69) is 45.3 Å². The zero-order valence-electron chi connectivity index (χ0n) is 19.4. The van der Waals surface area contributed by atoms with E-state index in [0.717, 1.165) is 45.1 Å². The molecule has 3 N–H and O–H groups in total. The summed E-state index contributed by atoms with van der Waals surface area (Å²) in [7, 11) is 0. The van der Waals surface area contributed by atoms with E-state index >= 15 is 0 Å². The predicted molar refractivity (Wildman–Crippen MR) is 141 cm³/mol. The van der Waals surface area contributed by atoms with E-state index in [9.17, 15) is 4.79 Å². The molecule has 7 nitrogen and oxygen atoms in total. The highest BCUT2D eigenvalue weighted by Gasteiger charge is 2.20. The molecular formula is C22H40IN5O2S. The summed E-state index contributed by atoms with van der Waals surface area (Å²) in [5, 5.41) is 11.6. The van der Waals surface area contributed by atoms with Gasteiger partial charge >= 0.3 is 6.09 Å². The first-order chi connectivity index (χ1) is 14.4. The van der Waals surface area contributed by atoms with Gasteiger partial charge in [-0.25, -0.2) is 4.79 Å². The minimum atomic E-state index is -0.467. The molecule has 0 saturated carbocycles. The SMILES string of the molecule is CCNC(=NCC1CCCN(Cc2cccs2)C1)NCCCNC(=O)OC(C)(C)C.I. The van der Waals surface area contributed by atoms with Crippen LogP contribution in [0.2, 0.25) is 0 Å². The number of nitrogens with zero attached hydrogens (tertiary/aromatic N) is 2. The number of thiophene rings is 1. The van der Waals surface area contributed by atoms with Crippen molar-refractivity contribution < 1.29 is 9.53 Å². The fraction of sp³-hybridized carbons (Fsp3) is 0.727. The van der Waals surface area contributed by atoms with Crippen LogP contribution in [0.15, 0.2) is 22.5 Å². The summed E-state index contributed by atoms with van der Waals surface area (Å²) in [6.45, 7) is 14.0. The second-order valence-corrected chi connectivity index (χ2v) is 9.78. The highest BCUT2D eigenvalue weighted by molar-refractivity contribution is 14.0. The second-order valence-electron chi connectivity index (χ2n) is 8.75. The molecule has 0 aromatic carbocycles. The third-order valence-corrected chi connectivity index (χ3v) is 5.59. The van der Waals surface area contributed by atoms with Crippen LogP contribution in [-0.4, -0.2) is 61.8 Å². The molecule has 1 aromatic rings. The molecule has 1 aliphatic rings. The molecule has 0 aliphatic carbocycles. The summed E-state index contributed by atoms with van der Waals surface area (Å²) in [4.78, 5) is 20.5. The van der Waals surface area contributed by atoms with Gasteiger partial charge in [0.05, 0.1) is 0 Å². The van der Waals surface area contributed by atoms with E-state index in [0.29, 0.717) is 12.5 Å². The number of aliphatic imine (C=N–C) groups is 1. The quantitative estimate of drug-likeness (QED) is 0.182. The molecule has 1 fully saturated rings. The van der Waals surface area contributed by atoms with E-state index in [4.69, 9.17) is 9.73 Å². The summed E-state index contributed by atoms with van der Waals surface area (Å²) in [6, 6.07) is 4.35. The molecule has 1 atom stereocenters. The Kier molecular flexibility index (Phi) is 13.4. The summed E-state index contributed by atoms with van der Waals surface area (Å²) in [5.41, 5.74) is -0.467. The lowest BCUT2D eigenvalue weighted by Gasteiger charge is -2.31. The van der Waals surface area contributed by atoms with Crippen LogP contribution in [-0.2, 0) is 11.3 Å². The molecule has 31 heavy (non-hydrogen) atoms. The van der Waals surface area contributed by atoms with Crippen LogP contribution in [0.5, 0.6) is 0 Å². The highest BCUT2D eigenvalue weighted by Crippen LogP contribution is 2.20. The van der Waals surface area contributed by atoms with Gasteiger partial charge in [-0.2, -0.15) is 0 Å². The number of carbonyl (C=O) groups excluding carboxylic acids is 1. The molecule has 1 aliphatic heterocycles. The average molecular weight is 566 g/mol. The molecular weight excluding hydrogens is 525 g/mol. The number of piperidine rings is 1. The van der Waals surface area contributed by atoms with Crippen LogP contribution in [0, 0.1) is 5.92 Å². The number of carbonyl (C=O) groups is 1. The first-order valence-electron chi connectivity index (χ1n) is 11.1. The zero-order chi connectivity index (χ0) is 21.8. The van der Waals surface area contributed by atoms with Crippen LogP contribution < -0.4 is 16.0 Å². The lowest BCUT2D eigenvalue weighted by Crippen LogP contribution is -2.40. The Morgan fingerprint density at radius 3 is 2.74 bits per heavy atom.